The lowest BCUT2D eigenvalue weighted by molar-refractivity contribution is -0.870. The molecular weight excluding hydrogens is 473 g/mol. The van der Waals surface area contributed by atoms with Crippen LogP contribution in [-0.2, 0) is 32.7 Å². The first-order chi connectivity index (χ1) is 16.5. The second kappa shape index (κ2) is 20.1. The molecule has 0 heterocycles. The van der Waals surface area contributed by atoms with Gasteiger partial charge in [-0.3, -0.25) is 18.6 Å². The maximum atomic E-state index is 12.2. The molecule has 35 heavy (non-hydrogen) atoms. The van der Waals surface area contributed by atoms with Gasteiger partial charge in [0, 0.05) is 12.8 Å². The van der Waals surface area contributed by atoms with Gasteiger partial charge in [0.1, 0.15) is 19.8 Å². The van der Waals surface area contributed by atoms with Gasteiger partial charge in [-0.2, -0.15) is 0 Å². The van der Waals surface area contributed by atoms with Crippen LogP contribution in [0.2, 0.25) is 0 Å². The van der Waals surface area contributed by atoms with E-state index in [9.17, 15) is 19.0 Å². The van der Waals surface area contributed by atoms with E-state index < -0.39 is 26.5 Å². The van der Waals surface area contributed by atoms with Crippen molar-refractivity contribution in [2.45, 2.75) is 103 Å². The highest BCUT2D eigenvalue weighted by atomic mass is 31.2. The predicted molar refractivity (Wildman–Crippen MR) is 137 cm³/mol. The lowest BCUT2D eigenvalue weighted by atomic mass is 10.1. The number of phosphoric ester groups is 1. The van der Waals surface area contributed by atoms with E-state index in [-0.39, 0.29) is 25.6 Å². The van der Waals surface area contributed by atoms with E-state index in [1.54, 1.807) is 0 Å². The Bertz CT molecular complexity index is 609. The van der Waals surface area contributed by atoms with Gasteiger partial charge < -0.3 is 18.9 Å². The standard InChI is InChI=1S/C25H50NO8P/c1-6-8-10-11-12-13-14-16-17-24(27)31-21-23(34-25(28)18-15-9-7-2)22-33-35(29,30)32-20-19-26(3,4)5/h23H,6-22H2,1-5H3/p+1/t23-/m0/s1. The molecule has 0 aromatic heterocycles. The van der Waals surface area contributed by atoms with Gasteiger partial charge in [-0.1, -0.05) is 71.6 Å². The average Bonchev–Trinajstić information content (AvgIpc) is 2.76. The highest BCUT2D eigenvalue weighted by molar-refractivity contribution is 7.47. The van der Waals surface area contributed by atoms with Crippen LogP contribution in [0, 0.1) is 0 Å². The zero-order valence-corrected chi connectivity index (χ0v) is 23.7. The van der Waals surface area contributed by atoms with E-state index in [1.807, 2.05) is 28.1 Å². The first-order valence-electron chi connectivity index (χ1n) is 13.3. The normalized spacial score (nSPS) is 14.3. The van der Waals surface area contributed by atoms with Gasteiger partial charge >= 0.3 is 19.8 Å². The first-order valence-corrected chi connectivity index (χ1v) is 14.8. The number of hydrogen-bond donors (Lipinski definition) is 1. The van der Waals surface area contributed by atoms with Crippen molar-refractivity contribution in [3.8, 4) is 0 Å². The maximum Gasteiger partial charge on any atom is 0.472 e. The molecule has 0 spiro atoms. The number of esters is 2. The van der Waals surface area contributed by atoms with Crippen LogP contribution >= 0.6 is 7.82 Å². The lowest BCUT2D eigenvalue weighted by Gasteiger charge is -2.24. The molecule has 0 amide bonds. The third-order valence-electron chi connectivity index (χ3n) is 5.39. The van der Waals surface area contributed by atoms with Gasteiger partial charge in [-0.05, 0) is 12.8 Å². The van der Waals surface area contributed by atoms with Crippen LogP contribution in [-0.4, -0.2) is 74.9 Å². The Kier molecular flexibility index (Phi) is 19.5. The zero-order chi connectivity index (χ0) is 26.6. The molecule has 1 N–H and O–H groups in total. The molecule has 0 aliphatic heterocycles. The summed E-state index contributed by atoms with van der Waals surface area (Å²) in [5.41, 5.74) is 0. The SMILES string of the molecule is CCCCCCCCCCC(=O)OC[C@@H](COP(=O)(O)OCC[N+](C)(C)C)OC(=O)CCCCC. The van der Waals surface area contributed by atoms with Crippen molar-refractivity contribution in [3.05, 3.63) is 0 Å². The van der Waals surface area contributed by atoms with Crippen molar-refractivity contribution in [1.29, 1.82) is 0 Å². The molecule has 0 aromatic carbocycles. The minimum Gasteiger partial charge on any atom is -0.462 e. The zero-order valence-electron chi connectivity index (χ0n) is 22.8. The van der Waals surface area contributed by atoms with Crippen molar-refractivity contribution in [3.63, 3.8) is 0 Å². The summed E-state index contributed by atoms with van der Waals surface area (Å²) in [4.78, 5) is 34.2. The largest absolute Gasteiger partial charge is 0.472 e. The van der Waals surface area contributed by atoms with E-state index >= 15 is 0 Å². The minimum atomic E-state index is -4.33. The summed E-state index contributed by atoms with van der Waals surface area (Å²) in [6.07, 6.45) is 11.1. The van der Waals surface area contributed by atoms with E-state index in [0.29, 0.717) is 23.9 Å². The van der Waals surface area contributed by atoms with Gasteiger partial charge in [0.25, 0.3) is 0 Å². The molecule has 208 valence electrons. The van der Waals surface area contributed by atoms with Crippen molar-refractivity contribution >= 4 is 19.8 Å². The van der Waals surface area contributed by atoms with Crippen LogP contribution in [0.1, 0.15) is 97.3 Å². The second-order valence-corrected chi connectivity index (χ2v) is 11.5. The smallest absolute Gasteiger partial charge is 0.462 e. The topological polar surface area (TPSA) is 108 Å². The van der Waals surface area contributed by atoms with E-state index in [0.717, 1.165) is 32.1 Å². The number of carbonyl (C=O) groups excluding carboxylic acids is 2. The maximum absolute atomic E-state index is 12.2. The Morgan fingerprint density at radius 1 is 0.771 bits per heavy atom. The van der Waals surface area contributed by atoms with Gasteiger partial charge in [-0.15, -0.1) is 0 Å². The summed E-state index contributed by atoms with van der Waals surface area (Å²) in [5, 5.41) is 0. The Hall–Kier alpha value is -0.990. The fourth-order valence-corrected chi connectivity index (χ4v) is 3.93. The third kappa shape index (κ3) is 23.2. The number of likely N-dealkylation sites (N-methyl/N-ethyl adjacent to an activating group) is 1. The van der Waals surface area contributed by atoms with Crippen LogP contribution in [0.4, 0.5) is 0 Å². The number of unbranched alkanes of at least 4 members (excludes halogenated alkanes) is 9. The predicted octanol–water partition coefficient (Wildman–Crippen LogP) is 5.39. The Morgan fingerprint density at radius 3 is 1.89 bits per heavy atom. The number of quaternary nitrogens is 1. The number of ether oxygens (including phenoxy) is 2. The molecule has 0 saturated carbocycles. The molecule has 1 unspecified atom stereocenters. The summed E-state index contributed by atoms with van der Waals surface area (Å²) in [5.74, 6) is -0.834. The molecule has 9 nitrogen and oxygen atoms in total. The first kappa shape index (κ1) is 34.0. The summed E-state index contributed by atoms with van der Waals surface area (Å²) >= 11 is 0. The number of carbonyl (C=O) groups is 2. The molecule has 0 aromatic rings. The summed E-state index contributed by atoms with van der Waals surface area (Å²) < 4.78 is 33.4. The van der Waals surface area contributed by atoms with E-state index in [2.05, 4.69) is 6.92 Å². The molecule has 0 rings (SSSR count). The molecular formula is C25H51NO8P+. The number of phosphoric acid groups is 1. The van der Waals surface area contributed by atoms with Crippen molar-refractivity contribution in [1.82, 2.24) is 0 Å². The van der Waals surface area contributed by atoms with Crippen LogP contribution in [0.3, 0.4) is 0 Å². The Balaban J connectivity index is 4.49. The van der Waals surface area contributed by atoms with Crippen LogP contribution in [0.25, 0.3) is 0 Å². The van der Waals surface area contributed by atoms with Crippen molar-refractivity contribution in [2.75, 3.05) is 47.5 Å². The third-order valence-corrected chi connectivity index (χ3v) is 6.37. The molecule has 10 heteroatoms. The van der Waals surface area contributed by atoms with Crippen molar-refractivity contribution < 1.29 is 42.1 Å². The lowest BCUT2D eigenvalue weighted by Crippen LogP contribution is -2.37. The summed E-state index contributed by atoms with van der Waals surface area (Å²) in [6, 6.07) is 0. The number of nitrogens with zero attached hydrogens (tertiary/aromatic N) is 1. The van der Waals surface area contributed by atoms with E-state index in [4.69, 9.17) is 18.5 Å². The quantitative estimate of drug-likeness (QED) is 0.0820. The average molecular weight is 525 g/mol. The van der Waals surface area contributed by atoms with E-state index in [1.165, 1.54) is 32.1 Å². The Morgan fingerprint density at radius 2 is 1.29 bits per heavy atom. The second-order valence-electron chi connectivity index (χ2n) is 10.1. The van der Waals surface area contributed by atoms with Gasteiger partial charge in [-0.25, -0.2) is 4.57 Å². The summed E-state index contributed by atoms with van der Waals surface area (Å²) in [6.45, 7) is 4.15. The minimum absolute atomic E-state index is 0.0341. The van der Waals surface area contributed by atoms with Gasteiger partial charge in [0.15, 0.2) is 6.10 Å². The van der Waals surface area contributed by atoms with Crippen LogP contribution in [0.15, 0.2) is 0 Å². The monoisotopic (exact) mass is 524 g/mol. The number of hydrogen-bond acceptors (Lipinski definition) is 7. The molecule has 0 fully saturated rings. The molecule has 0 radical (unpaired) electrons. The molecule has 2 atom stereocenters. The highest BCUT2D eigenvalue weighted by Gasteiger charge is 2.26. The molecule has 0 aliphatic rings. The van der Waals surface area contributed by atoms with Gasteiger partial charge in [0.2, 0.25) is 0 Å². The van der Waals surface area contributed by atoms with Gasteiger partial charge in [0.05, 0.1) is 27.7 Å². The van der Waals surface area contributed by atoms with Crippen LogP contribution in [0.5, 0.6) is 0 Å². The fraction of sp³-hybridized carbons (Fsp3) is 0.920. The highest BCUT2D eigenvalue weighted by Crippen LogP contribution is 2.43. The van der Waals surface area contributed by atoms with Crippen molar-refractivity contribution in [2.24, 2.45) is 0 Å². The summed E-state index contributed by atoms with van der Waals surface area (Å²) in [7, 11) is 1.47. The molecule has 0 aliphatic carbocycles. The fourth-order valence-electron chi connectivity index (χ4n) is 3.19. The van der Waals surface area contributed by atoms with Crippen LogP contribution < -0.4 is 0 Å². The molecule has 0 saturated heterocycles. The molecule has 0 bridgehead atoms. The Labute approximate surface area is 213 Å². The number of rotatable bonds is 23.